The van der Waals surface area contributed by atoms with Crippen molar-refractivity contribution < 1.29 is 18.3 Å². The Morgan fingerprint density at radius 2 is 1.94 bits per heavy atom. The van der Waals surface area contributed by atoms with Crippen LogP contribution in [0.4, 0.5) is 5.69 Å². The largest absolute Gasteiger partial charge is 0.494 e. The molecule has 0 unspecified atom stereocenters. The van der Waals surface area contributed by atoms with Crippen molar-refractivity contribution >= 4 is 15.7 Å². The molecular weight excluding hydrogens is 230 g/mol. The number of sulfonamides is 1. The van der Waals surface area contributed by atoms with Gasteiger partial charge in [-0.1, -0.05) is 0 Å². The minimum absolute atomic E-state index is 0.305. The quantitative estimate of drug-likeness (QED) is 0.778. The van der Waals surface area contributed by atoms with E-state index in [4.69, 9.17) is 9.84 Å². The number of ether oxygens (including phenoxy) is 1. The maximum Gasteiger partial charge on any atom is 0.234 e. The van der Waals surface area contributed by atoms with Crippen LogP contribution in [0.2, 0.25) is 0 Å². The molecule has 0 saturated heterocycles. The summed E-state index contributed by atoms with van der Waals surface area (Å²) in [6.45, 7) is 2.04. The van der Waals surface area contributed by atoms with Gasteiger partial charge in [0.1, 0.15) is 5.75 Å². The standard InChI is InChI=1S/C10H15NO4S/c1-2-15-10-5-3-9(4-6-10)11-16(13,14)8-7-12/h3-6,11-12H,2,7-8H2,1H3. The van der Waals surface area contributed by atoms with E-state index in [1.807, 2.05) is 6.92 Å². The molecule has 0 atom stereocenters. The smallest absolute Gasteiger partial charge is 0.234 e. The van der Waals surface area contributed by atoms with Gasteiger partial charge >= 0.3 is 0 Å². The lowest BCUT2D eigenvalue weighted by molar-refractivity contribution is 0.320. The van der Waals surface area contributed by atoms with E-state index in [0.717, 1.165) is 0 Å². The zero-order valence-electron chi connectivity index (χ0n) is 9.01. The zero-order valence-corrected chi connectivity index (χ0v) is 9.83. The van der Waals surface area contributed by atoms with Crippen molar-refractivity contribution in [2.24, 2.45) is 0 Å². The highest BCUT2D eigenvalue weighted by Gasteiger charge is 2.08. The van der Waals surface area contributed by atoms with Crippen molar-refractivity contribution in [3.8, 4) is 5.75 Å². The predicted molar refractivity (Wildman–Crippen MR) is 62.1 cm³/mol. The highest BCUT2D eigenvalue weighted by molar-refractivity contribution is 7.92. The Balaban J connectivity index is 2.68. The van der Waals surface area contributed by atoms with Crippen molar-refractivity contribution in [3.63, 3.8) is 0 Å². The van der Waals surface area contributed by atoms with Crippen LogP contribution in [0, 0.1) is 0 Å². The van der Waals surface area contributed by atoms with Crippen molar-refractivity contribution in [2.45, 2.75) is 6.92 Å². The van der Waals surface area contributed by atoms with Crippen molar-refractivity contribution in [1.82, 2.24) is 0 Å². The predicted octanol–water partition coefficient (Wildman–Crippen LogP) is 0.819. The van der Waals surface area contributed by atoms with E-state index in [-0.39, 0.29) is 5.75 Å². The zero-order chi connectivity index (χ0) is 12.0. The van der Waals surface area contributed by atoms with Crippen LogP contribution < -0.4 is 9.46 Å². The summed E-state index contributed by atoms with van der Waals surface area (Å²) in [7, 11) is -3.45. The fourth-order valence-electron chi connectivity index (χ4n) is 1.14. The summed E-state index contributed by atoms with van der Waals surface area (Å²) in [5, 5.41) is 8.55. The van der Waals surface area contributed by atoms with Gasteiger partial charge in [-0.05, 0) is 31.2 Å². The van der Waals surface area contributed by atoms with Crippen LogP contribution in [-0.2, 0) is 10.0 Å². The van der Waals surface area contributed by atoms with E-state index in [2.05, 4.69) is 4.72 Å². The molecule has 5 nitrogen and oxygen atoms in total. The maximum absolute atomic E-state index is 11.3. The lowest BCUT2D eigenvalue weighted by atomic mass is 10.3. The van der Waals surface area contributed by atoms with Crippen LogP contribution in [0.3, 0.4) is 0 Å². The first-order chi connectivity index (χ1) is 7.57. The van der Waals surface area contributed by atoms with Crippen molar-refractivity contribution in [3.05, 3.63) is 24.3 Å². The van der Waals surface area contributed by atoms with Crippen LogP contribution in [-0.4, -0.2) is 32.5 Å². The number of anilines is 1. The average molecular weight is 245 g/mol. The van der Waals surface area contributed by atoms with E-state index in [9.17, 15) is 8.42 Å². The first-order valence-corrected chi connectivity index (χ1v) is 6.57. The van der Waals surface area contributed by atoms with Crippen LogP contribution in [0.1, 0.15) is 6.92 Å². The van der Waals surface area contributed by atoms with Gasteiger partial charge < -0.3 is 9.84 Å². The van der Waals surface area contributed by atoms with Gasteiger partial charge in [-0.25, -0.2) is 8.42 Å². The minimum atomic E-state index is -3.45. The van der Waals surface area contributed by atoms with E-state index in [0.29, 0.717) is 18.0 Å². The average Bonchev–Trinajstić information content (AvgIpc) is 2.21. The molecule has 6 heteroatoms. The van der Waals surface area contributed by atoms with Gasteiger partial charge in [0.25, 0.3) is 0 Å². The lowest BCUT2D eigenvalue weighted by Gasteiger charge is -2.07. The SMILES string of the molecule is CCOc1ccc(NS(=O)(=O)CCO)cc1. The summed E-state index contributed by atoms with van der Waals surface area (Å²) in [6.07, 6.45) is 0. The highest BCUT2D eigenvalue weighted by atomic mass is 32.2. The summed E-state index contributed by atoms with van der Waals surface area (Å²) < 4.78 is 30.2. The molecule has 1 aromatic carbocycles. The highest BCUT2D eigenvalue weighted by Crippen LogP contribution is 2.16. The third-order valence-electron chi connectivity index (χ3n) is 1.80. The molecule has 90 valence electrons. The van der Waals surface area contributed by atoms with E-state index < -0.39 is 16.6 Å². The molecule has 0 aliphatic rings. The van der Waals surface area contributed by atoms with Crippen LogP contribution in [0.15, 0.2) is 24.3 Å². The summed E-state index contributed by atoms with van der Waals surface area (Å²) in [5.41, 5.74) is 0.455. The monoisotopic (exact) mass is 245 g/mol. The summed E-state index contributed by atoms with van der Waals surface area (Å²) in [4.78, 5) is 0. The Bertz CT molecular complexity index is 413. The number of hydrogen-bond acceptors (Lipinski definition) is 4. The third-order valence-corrected chi connectivity index (χ3v) is 3.07. The van der Waals surface area contributed by atoms with E-state index >= 15 is 0 Å². The molecule has 0 aromatic heterocycles. The maximum atomic E-state index is 11.3. The van der Waals surface area contributed by atoms with E-state index in [1.54, 1.807) is 24.3 Å². The Kier molecular flexibility index (Phi) is 4.57. The van der Waals surface area contributed by atoms with Gasteiger partial charge in [0.15, 0.2) is 0 Å². The van der Waals surface area contributed by atoms with Gasteiger partial charge in [0.2, 0.25) is 10.0 Å². The Morgan fingerprint density at radius 1 is 1.31 bits per heavy atom. The molecule has 0 bridgehead atoms. The third kappa shape index (κ3) is 4.08. The van der Waals surface area contributed by atoms with Crippen LogP contribution in [0.5, 0.6) is 5.75 Å². The van der Waals surface area contributed by atoms with Crippen molar-refractivity contribution in [2.75, 3.05) is 23.7 Å². The van der Waals surface area contributed by atoms with Gasteiger partial charge in [0.05, 0.1) is 19.0 Å². The first-order valence-electron chi connectivity index (χ1n) is 4.91. The van der Waals surface area contributed by atoms with Gasteiger partial charge in [0, 0.05) is 5.69 Å². The Morgan fingerprint density at radius 3 is 2.44 bits per heavy atom. The fourth-order valence-corrected chi connectivity index (χ4v) is 1.97. The molecule has 2 N–H and O–H groups in total. The lowest BCUT2D eigenvalue weighted by Crippen LogP contribution is -2.18. The summed E-state index contributed by atoms with van der Waals surface area (Å²) >= 11 is 0. The second-order valence-electron chi connectivity index (χ2n) is 3.10. The van der Waals surface area contributed by atoms with Gasteiger partial charge in [-0.15, -0.1) is 0 Å². The summed E-state index contributed by atoms with van der Waals surface area (Å²) in [6, 6.07) is 6.58. The molecule has 1 aromatic rings. The fraction of sp³-hybridized carbons (Fsp3) is 0.400. The second-order valence-corrected chi connectivity index (χ2v) is 4.94. The molecule has 16 heavy (non-hydrogen) atoms. The van der Waals surface area contributed by atoms with Gasteiger partial charge in [-0.2, -0.15) is 0 Å². The minimum Gasteiger partial charge on any atom is -0.494 e. The van der Waals surface area contributed by atoms with Crippen molar-refractivity contribution in [1.29, 1.82) is 0 Å². The topological polar surface area (TPSA) is 75.6 Å². The molecular formula is C10H15NO4S. The first kappa shape index (κ1) is 12.8. The second kappa shape index (κ2) is 5.72. The molecule has 0 aliphatic heterocycles. The van der Waals surface area contributed by atoms with Gasteiger partial charge in [-0.3, -0.25) is 4.72 Å². The molecule has 0 saturated carbocycles. The number of benzene rings is 1. The number of hydrogen-bond donors (Lipinski definition) is 2. The van der Waals surface area contributed by atoms with Crippen LogP contribution >= 0.6 is 0 Å². The van der Waals surface area contributed by atoms with Crippen LogP contribution in [0.25, 0.3) is 0 Å². The number of nitrogens with one attached hydrogen (secondary N) is 1. The number of rotatable bonds is 6. The molecule has 1 rings (SSSR count). The molecule has 0 spiro atoms. The Labute approximate surface area is 95.1 Å². The molecule has 0 aliphatic carbocycles. The molecule has 0 fully saturated rings. The molecule has 0 radical (unpaired) electrons. The van der Waals surface area contributed by atoms with E-state index in [1.165, 1.54) is 0 Å². The Hall–Kier alpha value is -1.27. The molecule has 0 heterocycles. The molecule has 0 amide bonds. The number of aliphatic hydroxyl groups is 1. The summed E-state index contributed by atoms with van der Waals surface area (Å²) in [5.74, 6) is 0.382. The normalized spacial score (nSPS) is 11.1. The number of aliphatic hydroxyl groups excluding tert-OH is 1.